The maximum atomic E-state index is 12.0. The van der Waals surface area contributed by atoms with Crippen molar-refractivity contribution in [2.45, 2.75) is 24.0 Å². The average molecular weight is 277 g/mol. The van der Waals surface area contributed by atoms with Gasteiger partial charge in [-0.3, -0.25) is 4.57 Å². The van der Waals surface area contributed by atoms with Crippen LogP contribution in [-0.2, 0) is 0 Å². The number of halogens is 3. The summed E-state index contributed by atoms with van der Waals surface area (Å²) in [6.07, 6.45) is 1.67. The first-order chi connectivity index (χ1) is 6.97. The Balaban J connectivity index is 0.00000128. The fraction of sp³-hybridized carbons (Fsp3) is 0.667. The summed E-state index contributed by atoms with van der Waals surface area (Å²) < 4.78 is 37.4. The van der Waals surface area contributed by atoms with E-state index in [1.54, 1.807) is 0 Å². The first-order valence-corrected chi connectivity index (χ1v) is 5.46. The molecule has 2 rings (SSSR count). The summed E-state index contributed by atoms with van der Waals surface area (Å²) in [6, 6.07) is 0.0412. The van der Waals surface area contributed by atoms with Gasteiger partial charge in [0, 0.05) is 6.04 Å². The van der Waals surface area contributed by atoms with Gasteiger partial charge in [-0.05, 0) is 18.5 Å². The molecule has 1 aliphatic rings. The summed E-state index contributed by atoms with van der Waals surface area (Å²) in [5.41, 5.74) is -1.38. The minimum Gasteiger partial charge on any atom is -0.448 e. The normalized spacial score (nSPS) is 15.9. The third-order valence-electron chi connectivity index (χ3n) is 1.99. The number of rotatable bonds is 4. The molecule has 0 amide bonds. The molecule has 0 atom stereocenters. The Morgan fingerprint density at radius 2 is 2.12 bits per heavy atom. The molecule has 1 saturated carbocycles. The predicted molar refractivity (Wildman–Crippen MR) is 50.9 cm³/mol. The number of nitrogens with one attached hydrogen (secondary N) is 1. The van der Waals surface area contributed by atoms with Crippen LogP contribution in [0.3, 0.4) is 0 Å². The summed E-state index contributed by atoms with van der Waals surface area (Å²) in [7, 11) is 0. The van der Waals surface area contributed by atoms with Crippen LogP contribution in [0.1, 0.15) is 18.9 Å². The number of thioether (sulfide) groups is 1. The number of H-pyrrole nitrogens is 1. The van der Waals surface area contributed by atoms with Crippen LogP contribution in [0.5, 0.6) is 0 Å². The van der Waals surface area contributed by atoms with Crippen LogP contribution in [-0.4, -0.2) is 27.4 Å². The van der Waals surface area contributed by atoms with Gasteiger partial charge < -0.3 is 12.9 Å². The Labute approximate surface area is 136 Å². The number of hydrogen-bond acceptors (Lipinski definition) is 3. The minimum absolute atomic E-state index is 0. The van der Waals surface area contributed by atoms with Crippen molar-refractivity contribution >= 4 is 18.7 Å². The van der Waals surface area contributed by atoms with Gasteiger partial charge >= 0.3 is 64.1 Å². The van der Waals surface area contributed by atoms with Gasteiger partial charge in [0.25, 0.3) is 0 Å². The molecule has 1 aliphatic carbocycles. The monoisotopic (exact) mass is 277 g/mol. The molecule has 0 aliphatic heterocycles. The number of aromatic nitrogens is 3. The van der Waals surface area contributed by atoms with Gasteiger partial charge in [0.15, 0.2) is 5.16 Å². The van der Waals surface area contributed by atoms with Crippen molar-refractivity contribution in [3.8, 4) is 0 Å². The van der Waals surface area contributed by atoms with Gasteiger partial charge in [-0.1, -0.05) is 0 Å². The second-order valence-corrected chi connectivity index (χ2v) is 4.42. The molecule has 0 radical (unpaired) electrons. The standard InChI is InChI=1S/C6H8BF3N3OS.K/c8-7(9,10)3-15-6-12-11-5(14)13(6)4-1-2-4;/h4H,1-3H2,(H,11,14);/q-1;+1. The molecule has 1 aromatic heterocycles. The van der Waals surface area contributed by atoms with Gasteiger partial charge in [-0.15, -0.1) is 16.9 Å². The summed E-state index contributed by atoms with van der Waals surface area (Å²) in [6.45, 7) is -4.84. The molecule has 10 heteroatoms. The molecule has 0 spiro atoms. The van der Waals surface area contributed by atoms with Gasteiger partial charge in [0.2, 0.25) is 0 Å². The van der Waals surface area contributed by atoms with E-state index in [2.05, 4.69) is 10.2 Å². The maximum absolute atomic E-state index is 12.0. The van der Waals surface area contributed by atoms with Crippen LogP contribution in [0.25, 0.3) is 0 Å². The van der Waals surface area contributed by atoms with E-state index in [9.17, 15) is 17.7 Å². The van der Waals surface area contributed by atoms with E-state index >= 15 is 0 Å². The first kappa shape index (κ1) is 14.8. The zero-order chi connectivity index (χ0) is 11.1. The van der Waals surface area contributed by atoms with Crippen LogP contribution in [0.4, 0.5) is 12.9 Å². The number of hydrogen-bond donors (Lipinski definition) is 1. The maximum Gasteiger partial charge on any atom is 1.00 e. The molecule has 0 saturated heterocycles. The van der Waals surface area contributed by atoms with Crippen LogP contribution in [0.2, 0.25) is 0 Å². The molecule has 1 fully saturated rings. The molecule has 4 nitrogen and oxygen atoms in total. The Hall–Kier alpha value is 0.781. The van der Waals surface area contributed by atoms with Crippen LogP contribution in [0.15, 0.2) is 9.95 Å². The Kier molecular flexibility index (Phi) is 5.21. The Morgan fingerprint density at radius 3 is 2.62 bits per heavy atom. The van der Waals surface area contributed by atoms with Crippen LogP contribution < -0.4 is 57.1 Å². The zero-order valence-electron chi connectivity index (χ0n) is 8.62. The molecular weight excluding hydrogens is 269 g/mol. The molecule has 1 aromatic rings. The van der Waals surface area contributed by atoms with E-state index in [0.29, 0.717) is 11.8 Å². The van der Waals surface area contributed by atoms with Crippen molar-refractivity contribution in [1.29, 1.82) is 0 Å². The molecule has 0 unspecified atom stereocenters. The zero-order valence-corrected chi connectivity index (χ0v) is 12.6. The van der Waals surface area contributed by atoms with E-state index in [1.165, 1.54) is 4.57 Å². The molecular formula is C6H8BF3KN3OS. The summed E-state index contributed by atoms with van der Waals surface area (Å²) in [5.74, 6) is 0. The molecule has 16 heavy (non-hydrogen) atoms. The van der Waals surface area contributed by atoms with Crippen molar-refractivity contribution in [3.05, 3.63) is 10.5 Å². The Bertz CT molecular complexity index is 416. The van der Waals surface area contributed by atoms with Gasteiger partial charge in [-0.25, -0.2) is 9.89 Å². The molecule has 84 valence electrons. The van der Waals surface area contributed by atoms with E-state index in [-0.39, 0.29) is 62.6 Å². The van der Waals surface area contributed by atoms with Gasteiger partial charge in [0.05, 0.1) is 0 Å². The van der Waals surface area contributed by atoms with Crippen molar-refractivity contribution in [2.75, 3.05) is 5.65 Å². The second kappa shape index (κ2) is 5.61. The summed E-state index contributed by atoms with van der Waals surface area (Å²) >= 11 is 0.567. The predicted octanol–water partition coefficient (Wildman–Crippen LogP) is -1.61. The molecule has 1 heterocycles. The topological polar surface area (TPSA) is 50.7 Å². The van der Waals surface area contributed by atoms with E-state index < -0.39 is 18.3 Å². The smallest absolute Gasteiger partial charge is 0.448 e. The van der Waals surface area contributed by atoms with Gasteiger partial charge in [-0.2, -0.15) is 0 Å². The van der Waals surface area contributed by atoms with Gasteiger partial charge in [0.1, 0.15) is 0 Å². The molecule has 0 bridgehead atoms. The summed E-state index contributed by atoms with van der Waals surface area (Å²) in [4.78, 5) is 11.2. The van der Waals surface area contributed by atoms with E-state index in [4.69, 9.17) is 0 Å². The van der Waals surface area contributed by atoms with Crippen molar-refractivity contribution in [1.82, 2.24) is 14.8 Å². The largest absolute Gasteiger partial charge is 1.00 e. The van der Waals surface area contributed by atoms with Crippen LogP contribution >= 0.6 is 11.8 Å². The quantitative estimate of drug-likeness (QED) is 0.532. The molecule has 1 N–H and O–H groups in total. The molecule has 0 aromatic carbocycles. The average Bonchev–Trinajstić information content (AvgIpc) is 2.87. The first-order valence-electron chi connectivity index (χ1n) is 4.48. The van der Waals surface area contributed by atoms with Crippen molar-refractivity contribution < 1.29 is 64.3 Å². The minimum atomic E-state index is -4.84. The van der Waals surface area contributed by atoms with Crippen molar-refractivity contribution in [2.24, 2.45) is 0 Å². The van der Waals surface area contributed by atoms with Crippen LogP contribution in [0, 0.1) is 0 Å². The van der Waals surface area contributed by atoms with E-state index in [1.807, 2.05) is 0 Å². The second-order valence-electron chi connectivity index (χ2n) is 3.43. The fourth-order valence-corrected chi connectivity index (χ4v) is 2.04. The Morgan fingerprint density at radius 1 is 1.50 bits per heavy atom. The summed E-state index contributed by atoms with van der Waals surface area (Å²) in [5, 5.41) is 5.89. The van der Waals surface area contributed by atoms with E-state index in [0.717, 1.165) is 12.8 Å². The number of aromatic amines is 1. The van der Waals surface area contributed by atoms with Crippen molar-refractivity contribution in [3.63, 3.8) is 0 Å². The number of nitrogens with zero attached hydrogens (tertiary/aromatic N) is 2. The SMILES string of the molecule is O=c1[nH]nc(SC[B-](F)(F)F)n1C1CC1.[K+]. The third kappa shape index (κ3) is 3.91. The fourth-order valence-electron chi connectivity index (χ4n) is 1.22. The third-order valence-corrected chi connectivity index (χ3v) is 3.08.